The normalized spacial score (nSPS) is 11.3. The van der Waals surface area contributed by atoms with Gasteiger partial charge in [-0.1, -0.05) is 20.8 Å². The predicted molar refractivity (Wildman–Crippen MR) is 75.3 cm³/mol. The number of rotatable bonds is 3. The van der Waals surface area contributed by atoms with Crippen molar-refractivity contribution in [2.45, 2.75) is 40.0 Å². The van der Waals surface area contributed by atoms with Crippen molar-refractivity contribution in [2.75, 3.05) is 0 Å². The second-order valence-electron chi connectivity index (χ2n) is 5.09. The number of hydrogen-bond donors (Lipinski definition) is 1. The Balaban J connectivity index is 2.61. The van der Waals surface area contributed by atoms with Crippen LogP contribution in [0.1, 0.15) is 43.6 Å². The van der Waals surface area contributed by atoms with Crippen LogP contribution in [0.3, 0.4) is 0 Å². The van der Waals surface area contributed by atoms with E-state index in [1.807, 2.05) is 40.9 Å². The van der Waals surface area contributed by atoms with Crippen LogP contribution in [-0.2, 0) is 13.5 Å². The molecule has 0 aromatic carbocycles. The Morgan fingerprint density at radius 3 is 2.63 bits per heavy atom. The molecule has 19 heavy (non-hydrogen) atoms. The molecule has 0 saturated heterocycles. The molecule has 1 N–H and O–H groups in total. The fraction of sp³-hybridized carbons (Fsp3) is 0.500. The SMILES string of the molecule is CCc1nn(C)cc1-c1nc(C)c(C(C)C)c(=O)[nH]1. The summed E-state index contributed by atoms with van der Waals surface area (Å²) in [7, 11) is 1.87. The summed E-state index contributed by atoms with van der Waals surface area (Å²) in [6.45, 7) is 7.93. The Hall–Kier alpha value is -1.91. The Morgan fingerprint density at radius 2 is 2.11 bits per heavy atom. The third-order valence-corrected chi connectivity index (χ3v) is 3.22. The quantitative estimate of drug-likeness (QED) is 0.919. The molecule has 102 valence electrons. The van der Waals surface area contributed by atoms with Gasteiger partial charge >= 0.3 is 0 Å². The molecule has 0 aliphatic rings. The Bertz CT molecular complexity index is 652. The number of H-pyrrole nitrogens is 1. The largest absolute Gasteiger partial charge is 0.306 e. The van der Waals surface area contributed by atoms with Gasteiger partial charge in [-0.25, -0.2) is 4.98 Å². The van der Waals surface area contributed by atoms with Gasteiger partial charge in [0, 0.05) is 24.5 Å². The van der Waals surface area contributed by atoms with Gasteiger partial charge in [-0.3, -0.25) is 9.48 Å². The van der Waals surface area contributed by atoms with Crippen LogP contribution in [0.5, 0.6) is 0 Å². The minimum Gasteiger partial charge on any atom is -0.306 e. The van der Waals surface area contributed by atoms with Crippen LogP contribution in [0, 0.1) is 6.92 Å². The highest BCUT2D eigenvalue weighted by Crippen LogP contribution is 2.21. The van der Waals surface area contributed by atoms with Crippen LogP contribution in [-0.4, -0.2) is 19.7 Å². The number of nitrogens with one attached hydrogen (secondary N) is 1. The summed E-state index contributed by atoms with van der Waals surface area (Å²) in [6.07, 6.45) is 2.70. The molecule has 0 aliphatic carbocycles. The number of aromatic nitrogens is 4. The van der Waals surface area contributed by atoms with E-state index in [0.717, 1.165) is 28.9 Å². The smallest absolute Gasteiger partial charge is 0.254 e. The molecule has 5 nitrogen and oxygen atoms in total. The summed E-state index contributed by atoms with van der Waals surface area (Å²) in [5.41, 5.74) is 3.34. The molecule has 5 heteroatoms. The molecule has 2 aromatic heterocycles. The summed E-state index contributed by atoms with van der Waals surface area (Å²) < 4.78 is 1.75. The lowest BCUT2D eigenvalue weighted by atomic mass is 10.0. The lowest BCUT2D eigenvalue weighted by Gasteiger charge is -2.09. The summed E-state index contributed by atoms with van der Waals surface area (Å²) in [4.78, 5) is 19.6. The highest BCUT2D eigenvalue weighted by molar-refractivity contribution is 5.57. The van der Waals surface area contributed by atoms with E-state index in [4.69, 9.17) is 0 Å². The van der Waals surface area contributed by atoms with Crippen molar-refractivity contribution in [3.8, 4) is 11.4 Å². The zero-order chi connectivity index (χ0) is 14.2. The molecule has 0 saturated carbocycles. The summed E-state index contributed by atoms with van der Waals surface area (Å²) >= 11 is 0. The lowest BCUT2D eigenvalue weighted by molar-refractivity contribution is 0.746. The zero-order valence-corrected chi connectivity index (χ0v) is 12.1. The van der Waals surface area contributed by atoms with Gasteiger partial charge in [-0.2, -0.15) is 5.10 Å². The van der Waals surface area contributed by atoms with Crippen LogP contribution < -0.4 is 5.56 Å². The van der Waals surface area contributed by atoms with E-state index in [9.17, 15) is 4.79 Å². The average Bonchev–Trinajstić information content (AvgIpc) is 2.69. The van der Waals surface area contributed by atoms with E-state index >= 15 is 0 Å². The van der Waals surface area contributed by atoms with E-state index in [1.54, 1.807) is 4.68 Å². The minimum absolute atomic E-state index is 0.0524. The van der Waals surface area contributed by atoms with Gasteiger partial charge < -0.3 is 4.98 Å². The molecule has 2 heterocycles. The van der Waals surface area contributed by atoms with Crippen molar-refractivity contribution in [3.63, 3.8) is 0 Å². The van der Waals surface area contributed by atoms with Crippen LogP contribution in [0.25, 0.3) is 11.4 Å². The molecular weight excluding hydrogens is 240 g/mol. The van der Waals surface area contributed by atoms with Gasteiger partial charge in [0.25, 0.3) is 5.56 Å². The first-order valence-electron chi connectivity index (χ1n) is 6.57. The van der Waals surface area contributed by atoms with Crippen molar-refractivity contribution >= 4 is 0 Å². The van der Waals surface area contributed by atoms with Gasteiger partial charge in [-0.05, 0) is 19.3 Å². The first-order chi connectivity index (χ1) is 8.93. The predicted octanol–water partition coefficient (Wildman–Crippen LogP) is 2.16. The van der Waals surface area contributed by atoms with E-state index in [0.29, 0.717) is 5.82 Å². The summed E-state index contributed by atoms with van der Waals surface area (Å²) in [5, 5.41) is 4.38. The maximum absolute atomic E-state index is 12.2. The molecule has 0 spiro atoms. The van der Waals surface area contributed by atoms with Gasteiger partial charge in [0.15, 0.2) is 0 Å². The van der Waals surface area contributed by atoms with Gasteiger partial charge in [0.2, 0.25) is 0 Å². The van der Waals surface area contributed by atoms with Crippen molar-refractivity contribution in [1.29, 1.82) is 0 Å². The third kappa shape index (κ3) is 2.45. The maximum atomic E-state index is 12.2. The highest BCUT2D eigenvalue weighted by Gasteiger charge is 2.15. The number of aryl methyl sites for hydroxylation is 3. The molecule has 0 atom stereocenters. The number of aromatic amines is 1. The van der Waals surface area contributed by atoms with Gasteiger partial charge in [0.1, 0.15) is 5.82 Å². The van der Waals surface area contributed by atoms with E-state index in [2.05, 4.69) is 15.1 Å². The Morgan fingerprint density at radius 1 is 1.42 bits per heavy atom. The van der Waals surface area contributed by atoms with Crippen LogP contribution in [0.15, 0.2) is 11.0 Å². The monoisotopic (exact) mass is 260 g/mol. The zero-order valence-electron chi connectivity index (χ0n) is 12.1. The summed E-state index contributed by atoms with van der Waals surface area (Å²) in [6, 6.07) is 0. The molecule has 0 aliphatic heterocycles. The molecular formula is C14H20N4O. The van der Waals surface area contributed by atoms with E-state index in [-0.39, 0.29) is 11.5 Å². The molecule has 0 radical (unpaired) electrons. The lowest BCUT2D eigenvalue weighted by Crippen LogP contribution is -2.18. The second kappa shape index (κ2) is 4.99. The molecule has 0 bridgehead atoms. The molecule has 2 aromatic rings. The first-order valence-corrected chi connectivity index (χ1v) is 6.57. The average molecular weight is 260 g/mol. The number of hydrogen-bond acceptors (Lipinski definition) is 3. The standard InChI is InChI=1S/C14H20N4O/c1-6-11-10(7-18(5)17-11)13-15-9(4)12(8(2)3)14(19)16-13/h7-8H,6H2,1-5H3,(H,15,16,19). The van der Waals surface area contributed by atoms with Crippen molar-refractivity contribution in [2.24, 2.45) is 7.05 Å². The van der Waals surface area contributed by atoms with E-state index < -0.39 is 0 Å². The molecule has 0 amide bonds. The number of nitrogens with zero attached hydrogens (tertiary/aromatic N) is 3. The minimum atomic E-state index is -0.0524. The highest BCUT2D eigenvalue weighted by atomic mass is 16.1. The van der Waals surface area contributed by atoms with Crippen molar-refractivity contribution in [3.05, 3.63) is 33.5 Å². The molecule has 0 unspecified atom stereocenters. The fourth-order valence-electron chi connectivity index (χ4n) is 2.40. The molecule has 0 fully saturated rings. The van der Waals surface area contributed by atoms with Gasteiger partial charge in [-0.15, -0.1) is 0 Å². The van der Waals surface area contributed by atoms with Crippen molar-refractivity contribution in [1.82, 2.24) is 19.7 Å². The van der Waals surface area contributed by atoms with Crippen molar-refractivity contribution < 1.29 is 0 Å². The fourth-order valence-corrected chi connectivity index (χ4v) is 2.40. The Labute approximate surface area is 112 Å². The van der Waals surface area contributed by atoms with Crippen LogP contribution in [0.2, 0.25) is 0 Å². The first kappa shape index (κ1) is 13.5. The maximum Gasteiger partial charge on any atom is 0.254 e. The third-order valence-electron chi connectivity index (χ3n) is 3.22. The Kier molecular flexibility index (Phi) is 3.55. The topological polar surface area (TPSA) is 63.6 Å². The van der Waals surface area contributed by atoms with Gasteiger partial charge in [0.05, 0.1) is 11.3 Å². The van der Waals surface area contributed by atoms with Crippen LogP contribution >= 0.6 is 0 Å². The van der Waals surface area contributed by atoms with Crippen LogP contribution in [0.4, 0.5) is 0 Å². The summed E-state index contributed by atoms with van der Waals surface area (Å²) in [5.74, 6) is 0.779. The second-order valence-corrected chi connectivity index (χ2v) is 5.09. The molecule has 2 rings (SSSR count). The van der Waals surface area contributed by atoms with E-state index in [1.165, 1.54) is 0 Å².